The summed E-state index contributed by atoms with van der Waals surface area (Å²) >= 11 is 0. The average molecular weight is 1260 g/mol. The van der Waals surface area contributed by atoms with Gasteiger partial charge < -0.3 is 25.4 Å². The van der Waals surface area contributed by atoms with Crippen LogP contribution in [0.25, 0.3) is 0 Å². The first-order valence-electron chi connectivity index (χ1n) is 33.8. The van der Waals surface area contributed by atoms with Crippen molar-refractivity contribution in [2.75, 3.05) is 18.5 Å². The van der Waals surface area contributed by atoms with E-state index in [2.05, 4.69) is 73.8 Å². The highest BCUT2D eigenvalue weighted by Crippen LogP contribution is 2.40. The van der Waals surface area contributed by atoms with E-state index >= 15 is 0 Å². The maximum absolute atomic E-state index is 13.3. The smallest absolute Gasteiger partial charge is 0.309 e. The van der Waals surface area contributed by atoms with Crippen molar-refractivity contribution in [3.8, 4) is 0 Å². The lowest BCUT2D eigenvalue weighted by Crippen LogP contribution is -2.30. The molecule has 5 unspecified atom stereocenters. The number of aromatic nitrogens is 6. The lowest BCUT2D eigenvalue weighted by Gasteiger charge is -2.27. The number of anilines is 1. The van der Waals surface area contributed by atoms with Crippen LogP contribution in [0, 0.1) is 11.8 Å². The molecular formula is C78H87N9O7. The first-order valence-corrected chi connectivity index (χ1v) is 33.8. The molecule has 0 radical (unpaired) electrons. The third kappa shape index (κ3) is 16.0. The molecule has 1 fully saturated rings. The summed E-state index contributed by atoms with van der Waals surface area (Å²) in [6, 6.07) is 60.5. The van der Waals surface area contributed by atoms with E-state index < -0.39 is 0 Å². The second-order valence-electron chi connectivity index (χ2n) is 25.1. The molecule has 4 aliphatic carbocycles. The molecule has 0 aliphatic heterocycles. The number of esters is 2. The predicted molar refractivity (Wildman–Crippen MR) is 364 cm³/mol. The summed E-state index contributed by atoms with van der Waals surface area (Å²) in [7, 11) is 0. The van der Waals surface area contributed by atoms with Crippen molar-refractivity contribution in [1.29, 1.82) is 0 Å². The van der Waals surface area contributed by atoms with Crippen LogP contribution in [0.3, 0.4) is 0 Å². The van der Waals surface area contributed by atoms with Gasteiger partial charge in [-0.3, -0.25) is 38.0 Å². The maximum Gasteiger partial charge on any atom is 0.309 e. The first-order chi connectivity index (χ1) is 45.9. The van der Waals surface area contributed by atoms with Crippen molar-refractivity contribution < 1.29 is 33.4 Å². The minimum Gasteiger partial charge on any atom is -0.466 e. The van der Waals surface area contributed by atoms with Gasteiger partial charge in [0.05, 0.1) is 62.0 Å². The van der Waals surface area contributed by atoms with Crippen LogP contribution in [0.1, 0.15) is 203 Å². The Balaban J connectivity index is 0.000000144. The molecule has 9 aromatic rings. The number of carbonyl (C=O) groups excluding carboxylic acids is 5. The number of hydrogen-bond donors (Lipinski definition) is 3. The number of ether oxygens (including phenoxy) is 2. The number of benzene rings is 6. The molecule has 0 spiro atoms. The number of amides is 3. The van der Waals surface area contributed by atoms with Crippen LogP contribution in [-0.2, 0) is 64.3 Å². The molecule has 3 heterocycles. The highest BCUT2D eigenvalue weighted by Gasteiger charge is 2.37. The highest BCUT2D eigenvalue weighted by atomic mass is 16.5. The maximum atomic E-state index is 13.3. The van der Waals surface area contributed by atoms with Crippen molar-refractivity contribution in [1.82, 2.24) is 40.0 Å². The van der Waals surface area contributed by atoms with Crippen LogP contribution in [0.2, 0.25) is 0 Å². The Bertz CT molecular complexity index is 3980. The topological polar surface area (TPSA) is 193 Å². The summed E-state index contributed by atoms with van der Waals surface area (Å²) in [6.45, 7) is 9.58. The summed E-state index contributed by atoms with van der Waals surface area (Å²) in [6.07, 6.45) is 12.8. The molecule has 94 heavy (non-hydrogen) atoms. The van der Waals surface area contributed by atoms with E-state index in [4.69, 9.17) is 24.8 Å². The van der Waals surface area contributed by atoms with Crippen LogP contribution in [0.15, 0.2) is 182 Å². The van der Waals surface area contributed by atoms with E-state index in [1.54, 1.807) is 0 Å². The molecule has 3 N–H and O–H groups in total. The van der Waals surface area contributed by atoms with E-state index in [0.717, 1.165) is 95.4 Å². The van der Waals surface area contributed by atoms with Gasteiger partial charge in [0.15, 0.2) is 17.1 Å². The highest BCUT2D eigenvalue weighted by molar-refractivity contribution is 6.04. The largest absolute Gasteiger partial charge is 0.466 e. The fourth-order valence-corrected chi connectivity index (χ4v) is 13.9. The van der Waals surface area contributed by atoms with Gasteiger partial charge in [-0.25, -0.2) is 0 Å². The van der Waals surface area contributed by atoms with Crippen LogP contribution < -0.4 is 16.0 Å². The van der Waals surface area contributed by atoms with Crippen molar-refractivity contribution in [2.24, 2.45) is 11.8 Å². The quantitative estimate of drug-likeness (QED) is 0.0696. The Hall–Kier alpha value is -9.70. The monoisotopic (exact) mass is 1260 g/mol. The Labute approximate surface area is 551 Å². The van der Waals surface area contributed by atoms with Gasteiger partial charge >= 0.3 is 11.9 Å². The van der Waals surface area contributed by atoms with E-state index in [1.165, 1.54) is 36.1 Å². The molecule has 5 atom stereocenters. The summed E-state index contributed by atoms with van der Waals surface area (Å²) < 4.78 is 16.6. The van der Waals surface area contributed by atoms with Gasteiger partial charge in [-0.15, -0.1) is 0 Å². The molecule has 486 valence electrons. The lowest BCUT2D eigenvalue weighted by atomic mass is 9.82. The summed E-state index contributed by atoms with van der Waals surface area (Å²) in [5.74, 6) is -1.06. The molecule has 16 heteroatoms. The predicted octanol–water partition coefficient (Wildman–Crippen LogP) is 14.3. The lowest BCUT2D eigenvalue weighted by molar-refractivity contribution is -0.149. The molecule has 1 saturated carbocycles. The zero-order valence-electron chi connectivity index (χ0n) is 54.6. The standard InChI is InChI=1S/C27H25N3O.C26H29N3O3.C25H33N3O3/c31-27(28-22-15-8-3-9-16-22)25-24-18-10-17-23(21-13-6-2-7-14-21)26(24)30(29-25)19-20-11-4-1-5-12-20;1-3-32-26(31)21-14-15-23-22(16-21)24(28-29(23)17-19-10-6-4-7-11-19)25(30)27-18(2)20-12-8-5-9-13-20;1-3-31-25(30)19-14-15-22-21(16-19)23(27-28(22)20-12-8-5-9-13-20)24(29)26-17(2)18-10-6-4-7-11-18/h1-9,11-16,23H,10,17-19H2,(H,28,31);4-13,18,21H,3,14-17H2,1-2H3,(H,27,30);4,6-7,10-11,17,19-20H,3,5,8-9,12-16H2,1-2H3,(H,26,29). The van der Waals surface area contributed by atoms with Crippen molar-refractivity contribution in [3.05, 3.63) is 261 Å². The van der Waals surface area contributed by atoms with Gasteiger partial charge in [-0.05, 0) is 138 Å². The molecule has 16 nitrogen and oxygen atoms in total. The number of nitrogens with one attached hydrogen (secondary N) is 3. The summed E-state index contributed by atoms with van der Waals surface area (Å²) in [5, 5.41) is 23.7. The Morgan fingerprint density at radius 3 is 1.45 bits per heavy atom. The average Bonchev–Trinajstić information content (AvgIpc) is 1.63. The first kappa shape index (κ1) is 65.8. The van der Waals surface area contributed by atoms with E-state index in [-0.39, 0.29) is 59.5 Å². The fraction of sp³-hybridized carbons (Fsp3) is 0.359. The molecule has 6 aromatic carbocycles. The Morgan fingerprint density at radius 1 is 0.468 bits per heavy atom. The third-order valence-electron chi connectivity index (χ3n) is 18.7. The third-order valence-corrected chi connectivity index (χ3v) is 18.7. The molecule has 3 amide bonds. The molecule has 3 aromatic heterocycles. The van der Waals surface area contributed by atoms with Gasteiger partial charge in [-0.2, -0.15) is 15.3 Å². The molecule has 0 saturated heterocycles. The SMILES string of the molecule is CCOC(=O)C1CCc2c(c(C(=O)NC(C)c3ccccc3)nn2C2CCCCC2)C1.CCOC(=O)C1CCc2c(c(C(=O)NC(C)c3ccccc3)nn2Cc2ccccc2)C1.O=C(Nc1ccccc1)c1nn(Cc2ccccc2)c2c1CCCC2c1ccccc1. The molecule has 13 rings (SSSR count). The minimum absolute atomic E-state index is 0.117. The Morgan fingerprint density at radius 2 is 0.915 bits per heavy atom. The second-order valence-corrected chi connectivity index (χ2v) is 25.1. The number of hydrogen-bond acceptors (Lipinski definition) is 10. The fourth-order valence-electron chi connectivity index (χ4n) is 13.9. The van der Waals surface area contributed by atoms with Crippen molar-refractivity contribution >= 4 is 35.3 Å². The zero-order chi connectivity index (χ0) is 65.3. The zero-order valence-corrected chi connectivity index (χ0v) is 54.6. The van der Waals surface area contributed by atoms with Crippen LogP contribution in [0.5, 0.6) is 0 Å². The van der Waals surface area contributed by atoms with E-state index in [0.29, 0.717) is 75.1 Å². The van der Waals surface area contributed by atoms with Gasteiger partial charge in [0.25, 0.3) is 17.7 Å². The number of para-hydroxylation sites is 1. The van der Waals surface area contributed by atoms with Gasteiger partial charge in [-0.1, -0.05) is 189 Å². The normalized spacial score (nSPS) is 17.1. The number of fused-ring (bicyclic) bond motifs is 3. The summed E-state index contributed by atoms with van der Waals surface area (Å²) in [5.41, 5.74) is 14.2. The van der Waals surface area contributed by atoms with E-state index in [9.17, 15) is 24.0 Å². The van der Waals surface area contributed by atoms with Gasteiger partial charge in [0.2, 0.25) is 0 Å². The summed E-state index contributed by atoms with van der Waals surface area (Å²) in [4.78, 5) is 64.6. The minimum atomic E-state index is -0.241. The van der Waals surface area contributed by atoms with Crippen LogP contribution in [0.4, 0.5) is 5.69 Å². The number of rotatable bonds is 18. The molecular weight excluding hydrogens is 1170 g/mol. The van der Waals surface area contributed by atoms with Gasteiger partial charge in [0, 0.05) is 39.7 Å². The Kier molecular flexibility index (Phi) is 22.2. The second kappa shape index (κ2) is 31.8. The van der Waals surface area contributed by atoms with E-state index in [1.807, 2.05) is 166 Å². The van der Waals surface area contributed by atoms with Crippen molar-refractivity contribution in [3.63, 3.8) is 0 Å². The van der Waals surface area contributed by atoms with Gasteiger partial charge in [0.1, 0.15) is 0 Å². The molecule has 4 aliphatic rings. The van der Waals surface area contributed by atoms with Crippen molar-refractivity contribution in [2.45, 2.75) is 155 Å². The molecule has 0 bridgehead atoms. The number of carbonyl (C=O) groups is 5. The van der Waals surface area contributed by atoms with Crippen LogP contribution in [-0.4, -0.2) is 72.2 Å². The number of nitrogens with zero attached hydrogens (tertiary/aromatic N) is 6. The van der Waals surface area contributed by atoms with Crippen LogP contribution >= 0.6 is 0 Å².